The van der Waals surface area contributed by atoms with Crippen molar-refractivity contribution in [1.82, 2.24) is 0 Å². The van der Waals surface area contributed by atoms with Gasteiger partial charge in [-0.2, -0.15) is 0 Å². The van der Waals surface area contributed by atoms with Gasteiger partial charge in [-0.1, -0.05) is 30.4 Å². The summed E-state index contributed by atoms with van der Waals surface area (Å²) in [5.41, 5.74) is 1.40. The average Bonchev–Trinajstić information content (AvgIpc) is 2.61. The molecule has 5 nitrogen and oxygen atoms in total. The van der Waals surface area contributed by atoms with Crippen molar-refractivity contribution in [3.63, 3.8) is 0 Å². The summed E-state index contributed by atoms with van der Waals surface area (Å²) in [7, 11) is 1.58. The number of hydrogen-bond donors (Lipinski definition) is 3. The Hall–Kier alpha value is -3.47. The smallest absolute Gasteiger partial charge is 0.182 e. The number of aliphatic hydroxyl groups is 1. The number of allylic oxidation sites excluding steroid dienone is 3. The van der Waals surface area contributed by atoms with Gasteiger partial charge in [-0.25, -0.2) is 0 Å². The molecule has 0 aliphatic rings. The van der Waals surface area contributed by atoms with Gasteiger partial charge in [0.2, 0.25) is 0 Å². The van der Waals surface area contributed by atoms with E-state index in [-0.39, 0.29) is 23.0 Å². The molecule has 0 unspecified atom stereocenters. The number of phenols is 2. The standard InChI is InChI=1S/C20H18O5/c1-25-18-9-4-14(5-10-18)2-7-16(21)13-17(22)8-3-15-6-11-19(23)20(24)12-15/h2-13,22-24H,1H3/b7-2+,8-3+,17-13-. The molecule has 0 radical (unpaired) electrons. The molecule has 0 aromatic heterocycles. The second-order valence-electron chi connectivity index (χ2n) is 5.16. The van der Waals surface area contributed by atoms with Crippen LogP contribution in [0.25, 0.3) is 12.2 Å². The fourth-order valence-corrected chi connectivity index (χ4v) is 1.96. The number of ketones is 1. The minimum atomic E-state index is -0.369. The van der Waals surface area contributed by atoms with Crippen molar-refractivity contribution < 1.29 is 24.9 Å². The largest absolute Gasteiger partial charge is 0.508 e. The zero-order valence-corrected chi connectivity index (χ0v) is 13.6. The van der Waals surface area contributed by atoms with Crippen LogP contribution in [0.3, 0.4) is 0 Å². The molecule has 5 heteroatoms. The Bertz CT molecular complexity index is 830. The number of benzene rings is 2. The van der Waals surface area contributed by atoms with Gasteiger partial charge in [-0.3, -0.25) is 4.79 Å². The lowest BCUT2D eigenvalue weighted by Crippen LogP contribution is -1.88. The van der Waals surface area contributed by atoms with Crippen LogP contribution in [0.1, 0.15) is 11.1 Å². The minimum absolute atomic E-state index is 0.225. The van der Waals surface area contributed by atoms with E-state index in [0.717, 1.165) is 17.4 Å². The molecule has 0 saturated carbocycles. The second kappa shape index (κ2) is 8.40. The Morgan fingerprint density at radius 3 is 2.20 bits per heavy atom. The third kappa shape index (κ3) is 5.58. The van der Waals surface area contributed by atoms with Crippen molar-refractivity contribution in [2.45, 2.75) is 0 Å². The first-order chi connectivity index (χ1) is 12.0. The van der Waals surface area contributed by atoms with Gasteiger partial charge in [0.05, 0.1) is 7.11 Å². The van der Waals surface area contributed by atoms with Gasteiger partial charge in [0.1, 0.15) is 11.5 Å². The summed E-state index contributed by atoms with van der Waals surface area (Å²) in [6, 6.07) is 11.4. The van der Waals surface area contributed by atoms with E-state index in [9.17, 15) is 20.1 Å². The van der Waals surface area contributed by atoms with E-state index < -0.39 is 0 Å². The maximum Gasteiger partial charge on any atom is 0.182 e. The first kappa shape index (κ1) is 17.9. The van der Waals surface area contributed by atoms with Gasteiger partial charge >= 0.3 is 0 Å². The molecule has 2 aromatic carbocycles. The number of aliphatic hydroxyl groups excluding tert-OH is 1. The Kier molecular flexibility index (Phi) is 6.01. The highest BCUT2D eigenvalue weighted by atomic mass is 16.5. The molecule has 0 spiro atoms. The average molecular weight is 338 g/mol. The lowest BCUT2D eigenvalue weighted by atomic mass is 10.1. The van der Waals surface area contributed by atoms with E-state index in [2.05, 4.69) is 0 Å². The van der Waals surface area contributed by atoms with E-state index >= 15 is 0 Å². The maximum atomic E-state index is 11.8. The van der Waals surface area contributed by atoms with Crippen LogP contribution >= 0.6 is 0 Å². The van der Waals surface area contributed by atoms with Gasteiger partial charge in [-0.05, 0) is 47.5 Å². The number of hydrogen-bond acceptors (Lipinski definition) is 5. The lowest BCUT2D eigenvalue weighted by Gasteiger charge is -1.99. The van der Waals surface area contributed by atoms with Gasteiger partial charge in [0.25, 0.3) is 0 Å². The molecule has 0 bridgehead atoms. The third-order valence-corrected chi connectivity index (χ3v) is 3.29. The van der Waals surface area contributed by atoms with Crippen LogP contribution in [0.2, 0.25) is 0 Å². The van der Waals surface area contributed by atoms with Crippen molar-refractivity contribution >= 4 is 17.9 Å². The quantitative estimate of drug-likeness (QED) is 0.322. The highest BCUT2D eigenvalue weighted by Crippen LogP contribution is 2.25. The van der Waals surface area contributed by atoms with Crippen molar-refractivity contribution in [3.8, 4) is 17.2 Å². The molecule has 0 aliphatic heterocycles. The van der Waals surface area contributed by atoms with Gasteiger partial charge in [0.15, 0.2) is 17.3 Å². The first-order valence-corrected chi connectivity index (χ1v) is 7.45. The Labute approximate surface area is 145 Å². The predicted octanol–water partition coefficient (Wildman–Crippen LogP) is 3.84. The van der Waals surface area contributed by atoms with E-state index in [0.29, 0.717) is 5.56 Å². The summed E-state index contributed by atoms with van der Waals surface area (Å²) in [5.74, 6) is -0.352. The molecule has 0 amide bonds. The lowest BCUT2D eigenvalue weighted by molar-refractivity contribution is -0.110. The number of carbonyl (C=O) groups excluding carboxylic acids is 1. The molecule has 3 N–H and O–H groups in total. The van der Waals surface area contributed by atoms with Gasteiger partial charge in [0, 0.05) is 6.08 Å². The SMILES string of the molecule is COc1ccc(/C=C/C(=O)/C=C(O)/C=C/c2ccc(O)c(O)c2)cc1. The Morgan fingerprint density at radius 1 is 0.920 bits per heavy atom. The molecule has 0 heterocycles. The highest BCUT2D eigenvalue weighted by molar-refractivity contribution is 6.02. The third-order valence-electron chi connectivity index (χ3n) is 3.29. The molecule has 0 saturated heterocycles. The molecular formula is C20H18O5. The van der Waals surface area contributed by atoms with Gasteiger partial charge in [-0.15, -0.1) is 0 Å². The number of carbonyl (C=O) groups is 1. The zero-order valence-electron chi connectivity index (χ0n) is 13.6. The maximum absolute atomic E-state index is 11.8. The summed E-state index contributed by atoms with van der Waals surface area (Å²) in [6.07, 6.45) is 6.89. The van der Waals surface area contributed by atoms with Crippen molar-refractivity contribution in [3.05, 3.63) is 77.6 Å². The van der Waals surface area contributed by atoms with Crippen molar-refractivity contribution in [2.75, 3.05) is 7.11 Å². The summed E-state index contributed by atoms with van der Waals surface area (Å²) >= 11 is 0. The monoisotopic (exact) mass is 338 g/mol. The fraction of sp³-hybridized carbons (Fsp3) is 0.0500. The van der Waals surface area contributed by atoms with E-state index in [1.165, 1.54) is 30.4 Å². The zero-order chi connectivity index (χ0) is 18.2. The number of phenolic OH excluding ortho intramolecular Hbond substituents is 2. The molecule has 25 heavy (non-hydrogen) atoms. The molecule has 2 rings (SSSR count). The number of aromatic hydroxyl groups is 2. The number of methoxy groups -OCH3 is 1. The van der Waals surface area contributed by atoms with Crippen molar-refractivity contribution in [1.29, 1.82) is 0 Å². The van der Waals surface area contributed by atoms with Crippen LogP contribution in [0.4, 0.5) is 0 Å². The topological polar surface area (TPSA) is 87.0 Å². The fourth-order valence-electron chi connectivity index (χ4n) is 1.96. The summed E-state index contributed by atoms with van der Waals surface area (Å²) < 4.78 is 5.05. The Morgan fingerprint density at radius 2 is 1.56 bits per heavy atom. The first-order valence-electron chi connectivity index (χ1n) is 7.45. The van der Waals surface area contributed by atoms with E-state index in [1.54, 1.807) is 31.4 Å². The summed E-state index contributed by atoms with van der Waals surface area (Å²) in [6.45, 7) is 0. The molecule has 0 fully saturated rings. The Balaban J connectivity index is 1.99. The highest BCUT2D eigenvalue weighted by Gasteiger charge is 1.99. The summed E-state index contributed by atoms with van der Waals surface area (Å²) in [4.78, 5) is 11.8. The normalized spacial score (nSPS) is 12.0. The van der Waals surface area contributed by atoms with Crippen LogP contribution in [-0.2, 0) is 4.79 Å². The number of ether oxygens (including phenoxy) is 1. The molecule has 0 aliphatic carbocycles. The van der Waals surface area contributed by atoms with Gasteiger partial charge < -0.3 is 20.1 Å². The molecule has 2 aromatic rings. The predicted molar refractivity (Wildman–Crippen MR) is 96.6 cm³/mol. The molecule has 0 atom stereocenters. The van der Waals surface area contributed by atoms with E-state index in [1.807, 2.05) is 12.1 Å². The van der Waals surface area contributed by atoms with Crippen LogP contribution in [0.15, 0.2) is 66.5 Å². The van der Waals surface area contributed by atoms with E-state index in [4.69, 9.17) is 4.74 Å². The van der Waals surface area contributed by atoms with Crippen LogP contribution < -0.4 is 4.74 Å². The van der Waals surface area contributed by atoms with Crippen molar-refractivity contribution in [2.24, 2.45) is 0 Å². The van der Waals surface area contributed by atoms with Crippen LogP contribution in [0.5, 0.6) is 17.2 Å². The summed E-state index contributed by atoms with van der Waals surface area (Å²) in [5, 5.41) is 28.4. The second-order valence-corrected chi connectivity index (χ2v) is 5.16. The minimum Gasteiger partial charge on any atom is -0.508 e. The van der Waals surface area contributed by atoms with Crippen LogP contribution in [0, 0.1) is 0 Å². The molecular weight excluding hydrogens is 320 g/mol. The number of rotatable bonds is 6. The van der Waals surface area contributed by atoms with Crippen LogP contribution in [-0.4, -0.2) is 28.2 Å². The molecule has 128 valence electrons.